The van der Waals surface area contributed by atoms with Crippen LogP contribution in [0.25, 0.3) is 11.1 Å². The highest BCUT2D eigenvalue weighted by Gasteiger charge is 2.37. The highest BCUT2D eigenvalue weighted by Crippen LogP contribution is 2.73. The Morgan fingerprint density at radius 1 is 0.609 bits per heavy atom. The number of fused-ring (bicyclic) bond motifs is 3. The van der Waals surface area contributed by atoms with Crippen LogP contribution < -0.4 is 0 Å². The lowest BCUT2D eigenvalue weighted by molar-refractivity contribution is 0.624. The average molecular weight is 330 g/mol. The Hall–Kier alpha value is -2.20. The zero-order valence-electron chi connectivity index (χ0n) is 12.3. The molecular weight excluding hydrogens is 317 g/mol. The molecule has 0 spiro atoms. The van der Waals surface area contributed by atoms with Gasteiger partial charge in [0, 0.05) is 9.79 Å². The van der Waals surface area contributed by atoms with E-state index in [1.807, 2.05) is 0 Å². The number of halogens is 3. The number of benzene rings is 3. The van der Waals surface area contributed by atoms with Gasteiger partial charge in [-0.1, -0.05) is 0 Å². The average Bonchev–Trinajstić information content (AvgIpc) is 2.77. The lowest BCUT2D eigenvalue weighted by atomic mass is 10.1. The van der Waals surface area contributed by atoms with Crippen molar-refractivity contribution in [2.75, 3.05) is 6.26 Å². The summed E-state index contributed by atoms with van der Waals surface area (Å²) in [5.41, 5.74) is 1.45. The van der Waals surface area contributed by atoms with Crippen molar-refractivity contribution in [3.63, 3.8) is 0 Å². The SMILES string of the molecule is CS1(c2ccc(F)cc2)c2ccc(F)cc2-c2cc(F)ccc21. The van der Waals surface area contributed by atoms with Gasteiger partial charge in [-0.05, 0) is 82.9 Å². The summed E-state index contributed by atoms with van der Waals surface area (Å²) in [6.07, 6.45) is 2.08. The van der Waals surface area contributed by atoms with Crippen LogP contribution in [0.3, 0.4) is 0 Å². The van der Waals surface area contributed by atoms with Crippen LogP contribution in [0.1, 0.15) is 0 Å². The molecule has 0 aliphatic carbocycles. The summed E-state index contributed by atoms with van der Waals surface area (Å²) in [7, 11) is -1.65. The molecule has 0 aromatic heterocycles. The fourth-order valence-electron chi connectivity index (χ4n) is 3.22. The van der Waals surface area contributed by atoms with Crippen LogP contribution in [0.15, 0.2) is 75.4 Å². The minimum absolute atomic E-state index is 0.298. The summed E-state index contributed by atoms with van der Waals surface area (Å²) in [6, 6.07) is 15.7. The summed E-state index contributed by atoms with van der Waals surface area (Å²) in [4.78, 5) is 2.93. The smallest absolute Gasteiger partial charge is 0.123 e. The second-order valence-electron chi connectivity index (χ2n) is 5.65. The van der Waals surface area contributed by atoms with Crippen molar-refractivity contribution in [2.45, 2.75) is 14.7 Å². The third kappa shape index (κ3) is 2.01. The Morgan fingerprint density at radius 2 is 1.04 bits per heavy atom. The minimum Gasteiger partial charge on any atom is -0.207 e. The van der Waals surface area contributed by atoms with Crippen LogP contribution in [0, 0.1) is 17.5 Å². The monoisotopic (exact) mass is 330 g/mol. The third-order valence-corrected chi connectivity index (χ3v) is 8.02. The first kappa shape index (κ1) is 14.4. The number of rotatable bonds is 1. The van der Waals surface area contributed by atoms with Gasteiger partial charge in [-0.3, -0.25) is 0 Å². The molecule has 3 aromatic carbocycles. The van der Waals surface area contributed by atoms with Crippen molar-refractivity contribution >= 4 is 10.0 Å². The van der Waals surface area contributed by atoms with E-state index in [9.17, 15) is 13.2 Å². The first-order chi connectivity index (χ1) is 11.0. The molecule has 0 atom stereocenters. The largest absolute Gasteiger partial charge is 0.207 e. The van der Waals surface area contributed by atoms with Crippen LogP contribution >= 0.6 is 10.0 Å². The van der Waals surface area contributed by atoms with Crippen LogP contribution in [0.2, 0.25) is 0 Å². The van der Waals surface area contributed by atoms with Crippen molar-refractivity contribution in [3.05, 3.63) is 78.1 Å². The summed E-state index contributed by atoms with van der Waals surface area (Å²) in [5.74, 6) is -0.989. The van der Waals surface area contributed by atoms with Crippen molar-refractivity contribution in [3.8, 4) is 11.1 Å². The molecule has 0 radical (unpaired) electrons. The van der Waals surface area contributed by atoms with Crippen molar-refractivity contribution in [2.24, 2.45) is 0 Å². The maximum atomic E-state index is 13.7. The molecule has 0 saturated carbocycles. The van der Waals surface area contributed by atoms with Crippen LogP contribution in [-0.2, 0) is 0 Å². The summed E-state index contributed by atoms with van der Waals surface area (Å²) < 4.78 is 40.8. The van der Waals surface area contributed by atoms with E-state index in [0.29, 0.717) is 0 Å². The van der Waals surface area contributed by atoms with E-state index in [2.05, 4.69) is 6.26 Å². The fraction of sp³-hybridized carbons (Fsp3) is 0.0526. The van der Waals surface area contributed by atoms with E-state index in [-0.39, 0.29) is 17.5 Å². The molecule has 0 saturated heterocycles. The van der Waals surface area contributed by atoms with E-state index in [1.54, 1.807) is 24.3 Å². The Kier molecular flexibility index (Phi) is 3.07. The molecule has 1 aliphatic heterocycles. The Morgan fingerprint density at radius 3 is 1.52 bits per heavy atom. The van der Waals surface area contributed by atoms with Crippen LogP contribution in [0.5, 0.6) is 0 Å². The van der Waals surface area contributed by atoms with Gasteiger partial charge in [0.1, 0.15) is 17.5 Å². The second-order valence-corrected chi connectivity index (χ2v) is 8.84. The first-order valence-corrected chi connectivity index (χ1v) is 9.18. The van der Waals surface area contributed by atoms with Gasteiger partial charge in [-0.25, -0.2) is 13.2 Å². The van der Waals surface area contributed by atoms with Crippen LogP contribution in [-0.4, -0.2) is 6.26 Å². The third-order valence-electron chi connectivity index (χ3n) is 4.34. The zero-order valence-corrected chi connectivity index (χ0v) is 13.1. The molecule has 0 bridgehead atoms. The van der Waals surface area contributed by atoms with Gasteiger partial charge in [0.15, 0.2) is 0 Å². The highest BCUT2D eigenvalue weighted by atomic mass is 32.3. The van der Waals surface area contributed by atoms with Gasteiger partial charge < -0.3 is 0 Å². The van der Waals surface area contributed by atoms with Crippen molar-refractivity contribution in [1.82, 2.24) is 0 Å². The summed E-state index contributed by atoms with van der Waals surface area (Å²) in [6.45, 7) is 0. The molecule has 1 aliphatic rings. The lowest BCUT2D eigenvalue weighted by Crippen LogP contribution is -1.98. The number of hydrogen-bond donors (Lipinski definition) is 0. The molecule has 3 aromatic rings. The molecule has 0 unspecified atom stereocenters. The summed E-state index contributed by atoms with van der Waals surface area (Å²) in [5, 5.41) is 0. The predicted molar refractivity (Wildman–Crippen MR) is 86.5 cm³/mol. The summed E-state index contributed by atoms with van der Waals surface area (Å²) >= 11 is 0. The maximum absolute atomic E-state index is 13.7. The molecular formula is C19H13F3S. The Bertz CT molecular complexity index is 865. The maximum Gasteiger partial charge on any atom is 0.123 e. The van der Waals surface area contributed by atoms with Gasteiger partial charge in [0.25, 0.3) is 0 Å². The lowest BCUT2D eigenvalue weighted by Gasteiger charge is -2.34. The molecule has 1 heterocycles. The first-order valence-electron chi connectivity index (χ1n) is 7.14. The van der Waals surface area contributed by atoms with Gasteiger partial charge in [0.05, 0.1) is 0 Å². The standard InChI is InChI=1S/C19H13F3S/c1-23(15-6-2-12(20)3-7-15)18-8-4-13(21)10-16(18)17-11-14(22)5-9-19(17)23/h2-11H,1H3. The number of hydrogen-bond acceptors (Lipinski definition) is 0. The fourth-order valence-corrected chi connectivity index (χ4v) is 6.54. The van der Waals surface area contributed by atoms with E-state index in [1.165, 1.54) is 36.4 Å². The van der Waals surface area contributed by atoms with Crippen molar-refractivity contribution in [1.29, 1.82) is 0 Å². The van der Waals surface area contributed by atoms with Crippen LogP contribution in [0.4, 0.5) is 13.2 Å². The molecule has 0 amide bonds. The quantitative estimate of drug-likeness (QED) is 0.513. The Balaban J connectivity index is 2.07. The van der Waals surface area contributed by atoms with Gasteiger partial charge in [0.2, 0.25) is 0 Å². The topological polar surface area (TPSA) is 0 Å². The van der Waals surface area contributed by atoms with E-state index in [0.717, 1.165) is 25.8 Å². The normalized spacial score (nSPS) is 15.8. The molecule has 4 rings (SSSR count). The minimum atomic E-state index is -1.65. The molecule has 0 fully saturated rings. The second kappa shape index (κ2) is 4.90. The zero-order chi connectivity index (χ0) is 16.2. The van der Waals surface area contributed by atoms with Gasteiger partial charge >= 0.3 is 0 Å². The molecule has 0 nitrogen and oxygen atoms in total. The molecule has 4 heteroatoms. The highest BCUT2D eigenvalue weighted by molar-refractivity contribution is 8.33. The molecule has 23 heavy (non-hydrogen) atoms. The van der Waals surface area contributed by atoms with E-state index >= 15 is 0 Å². The van der Waals surface area contributed by atoms with E-state index in [4.69, 9.17) is 0 Å². The van der Waals surface area contributed by atoms with Gasteiger partial charge in [-0.15, -0.1) is 0 Å². The van der Waals surface area contributed by atoms with Crippen molar-refractivity contribution < 1.29 is 13.2 Å². The molecule has 0 N–H and O–H groups in total. The predicted octanol–water partition coefficient (Wildman–Crippen LogP) is 6.00. The van der Waals surface area contributed by atoms with Gasteiger partial charge in [-0.2, -0.15) is 10.0 Å². The Labute approximate surface area is 133 Å². The molecule has 116 valence electrons. The van der Waals surface area contributed by atoms with E-state index < -0.39 is 10.0 Å².